The summed E-state index contributed by atoms with van der Waals surface area (Å²) in [6.45, 7) is 9.40. The summed E-state index contributed by atoms with van der Waals surface area (Å²) in [6.07, 6.45) is 1.24. The molecule has 2 heterocycles. The molecule has 0 N–H and O–H groups in total. The third-order valence-corrected chi connectivity index (χ3v) is 7.86. The number of amides is 1. The molecule has 0 bridgehead atoms. The maximum Gasteiger partial charge on any atom is 0.233 e. The van der Waals surface area contributed by atoms with Crippen molar-refractivity contribution in [3.05, 3.63) is 53.1 Å². The van der Waals surface area contributed by atoms with Crippen LogP contribution in [0.5, 0.6) is 0 Å². The molecule has 1 fully saturated rings. The molecule has 1 aliphatic heterocycles. The third-order valence-electron chi connectivity index (χ3n) is 5.50. The molecular weight excluding hydrogens is 474 g/mol. The molecule has 33 heavy (non-hydrogen) atoms. The van der Waals surface area contributed by atoms with Crippen molar-refractivity contribution >= 4 is 56.0 Å². The van der Waals surface area contributed by atoms with Gasteiger partial charge in [-0.15, -0.1) is 11.8 Å². The van der Waals surface area contributed by atoms with E-state index in [1.807, 2.05) is 34.9 Å². The minimum absolute atomic E-state index is 0.0661. The van der Waals surface area contributed by atoms with Gasteiger partial charge >= 0.3 is 0 Å². The molecule has 0 saturated carbocycles. The fourth-order valence-corrected chi connectivity index (χ4v) is 6.00. The highest BCUT2D eigenvalue weighted by atomic mass is 35.5. The summed E-state index contributed by atoms with van der Waals surface area (Å²) in [4.78, 5) is 23.6. The monoisotopic (exact) mass is 503 g/mol. The predicted octanol–water partition coefficient (Wildman–Crippen LogP) is 5.75. The van der Waals surface area contributed by atoms with Crippen LogP contribution in [-0.4, -0.2) is 60.4 Å². The lowest BCUT2D eigenvalue weighted by Crippen LogP contribution is -2.39. The van der Waals surface area contributed by atoms with E-state index < -0.39 is 0 Å². The van der Waals surface area contributed by atoms with Gasteiger partial charge < -0.3 is 4.74 Å². The first-order chi connectivity index (χ1) is 16.0. The van der Waals surface area contributed by atoms with E-state index in [9.17, 15) is 4.79 Å². The van der Waals surface area contributed by atoms with Gasteiger partial charge in [0.05, 0.1) is 29.4 Å². The van der Waals surface area contributed by atoms with Crippen molar-refractivity contribution < 1.29 is 9.53 Å². The Morgan fingerprint density at radius 2 is 1.97 bits per heavy atom. The fraction of sp³-hybridized carbons (Fsp3) is 0.440. The topological polar surface area (TPSA) is 45.7 Å². The number of benzene rings is 2. The van der Waals surface area contributed by atoms with Crippen molar-refractivity contribution in [1.29, 1.82) is 0 Å². The second-order valence-corrected chi connectivity index (χ2v) is 11.5. The van der Waals surface area contributed by atoms with Gasteiger partial charge in [0.15, 0.2) is 5.13 Å². The molecule has 0 radical (unpaired) electrons. The number of hydrogen-bond donors (Lipinski definition) is 0. The number of nitrogens with zero attached hydrogens (tertiary/aromatic N) is 3. The van der Waals surface area contributed by atoms with Crippen LogP contribution in [0, 0.1) is 0 Å². The van der Waals surface area contributed by atoms with Crippen LogP contribution in [0.2, 0.25) is 5.02 Å². The van der Waals surface area contributed by atoms with Crippen molar-refractivity contribution in [2.75, 3.05) is 44.3 Å². The van der Waals surface area contributed by atoms with Gasteiger partial charge in [0, 0.05) is 36.3 Å². The zero-order valence-electron chi connectivity index (χ0n) is 19.1. The lowest BCUT2D eigenvalue weighted by molar-refractivity contribution is -0.118. The zero-order chi connectivity index (χ0) is 23.2. The SMILES string of the molecule is CC(C)Sc1ccc(CC(=O)N(CCCN2CCOCC2)c2nc3c(Cl)cccc3s2)cc1. The first kappa shape index (κ1) is 24.5. The smallest absolute Gasteiger partial charge is 0.233 e. The van der Waals surface area contributed by atoms with Gasteiger partial charge in [0.1, 0.15) is 5.52 Å². The van der Waals surface area contributed by atoms with Crippen LogP contribution < -0.4 is 4.90 Å². The highest BCUT2D eigenvalue weighted by molar-refractivity contribution is 7.99. The van der Waals surface area contributed by atoms with Crippen LogP contribution in [0.4, 0.5) is 5.13 Å². The Morgan fingerprint density at radius 1 is 1.21 bits per heavy atom. The summed E-state index contributed by atoms with van der Waals surface area (Å²) in [5.41, 5.74) is 1.78. The molecular formula is C25H30ClN3O2S2. The number of fused-ring (bicyclic) bond motifs is 1. The third kappa shape index (κ3) is 6.70. The Balaban J connectivity index is 1.49. The maximum atomic E-state index is 13.4. The first-order valence-corrected chi connectivity index (χ1v) is 13.5. The lowest BCUT2D eigenvalue weighted by Gasteiger charge is -2.27. The average Bonchev–Trinajstić information content (AvgIpc) is 3.23. The fourth-order valence-electron chi connectivity index (χ4n) is 3.85. The van der Waals surface area contributed by atoms with Gasteiger partial charge in [-0.3, -0.25) is 14.6 Å². The Labute approximate surface area is 209 Å². The highest BCUT2D eigenvalue weighted by Crippen LogP contribution is 2.33. The Bertz CT molecular complexity index is 1070. The minimum atomic E-state index is 0.0661. The second-order valence-electron chi connectivity index (χ2n) is 8.42. The van der Waals surface area contributed by atoms with E-state index in [4.69, 9.17) is 21.3 Å². The highest BCUT2D eigenvalue weighted by Gasteiger charge is 2.21. The number of thioether (sulfide) groups is 1. The Hall–Kier alpha value is -1.64. The molecule has 176 valence electrons. The molecule has 0 unspecified atom stereocenters. The van der Waals surface area contributed by atoms with Gasteiger partial charge in [-0.2, -0.15) is 0 Å². The van der Waals surface area contributed by atoms with E-state index in [-0.39, 0.29) is 5.91 Å². The maximum absolute atomic E-state index is 13.4. The summed E-state index contributed by atoms with van der Waals surface area (Å²) < 4.78 is 6.45. The number of anilines is 1. The molecule has 5 nitrogen and oxygen atoms in total. The van der Waals surface area contributed by atoms with E-state index >= 15 is 0 Å². The Morgan fingerprint density at radius 3 is 2.67 bits per heavy atom. The minimum Gasteiger partial charge on any atom is -0.379 e. The molecule has 3 aromatic rings. The summed E-state index contributed by atoms with van der Waals surface area (Å²) in [7, 11) is 0. The van der Waals surface area contributed by atoms with Crippen molar-refractivity contribution in [3.63, 3.8) is 0 Å². The number of carbonyl (C=O) groups excluding carboxylic acids is 1. The van der Waals surface area contributed by atoms with Crippen molar-refractivity contribution in [1.82, 2.24) is 9.88 Å². The Kier molecular flexibility index (Phi) is 8.66. The summed E-state index contributed by atoms with van der Waals surface area (Å²) >= 11 is 9.72. The average molecular weight is 504 g/mol. The number of morpholine rings is 1. The number of aromatic nitrogens is 1. The zero-order valence-corrected chi connectivity index (χ0v) is 21.5. The number of ether oxygens (including phenoxy) is 1. The quantitative estimate of drug-likeness (QED) is 0.348. The predicted molar refractivity (Wildman–Crippen MR) is 140 cm³/mol. The number of halogens is 1. The summed E-state index contributed by atoms with van der Waals surface area (Å²) in [5, 5.41) is 1.87. The van der Waals surface area contributed by atoms with Crippen LogP contribution in [-0.2, 0) is 16.0 Å². The van der Waals surface area contributed by atoms with E-state index in [0.29, 0.717) is 23.2 Å². The summed E-state index contributed by atoms with van der Waals surface area (Å²) in [6, 6.07) is 14.1. The molecule has 1 saturated heterocycles. The molecule has 0 atom stereocenters. The standard InChI is InChI=1S/C25H30ClN3O2S2/c1-18(2)32-20-9-7-19(8-10-20)17-23(30)29(12-4-11-28-13-15-31-16-14-28)25-27-24-21(26)5-3-6-22(24)33-25/h3,5-10,18H,4,11-17H2,1-2H3. The van der Waals surface area contributed by atoms with Gasteiger partial charge in [0.25, 0.3) is 0 Å². The number of para-hydroxylation sites is 1. The molecule has 4 rings (SSSR count). The number of thiazole rings is 1. The van der Waals surface area contributed by atoms with Gasteiger partial charge in [0.2, 0.25) is 5.91 Å². The van der Waals surface area contributed by atoms with Crippen molar-refractivity contribution in [3.8, 4) is 0 Å². The van der Waals surface area contributed by atoms with E-state index in [1.165, 1.54) is 16.2 Å². The molecule has 0 spiro atoms. The molecule has 0 aliphatic carbocycles. The first-order valence-electron chi connectivity index (χ1n) is 11.4. The van der Waals surface area contributed by atoms with Crippen LogP contribution in [0.1, 0.15) is 25.8 Å². The van der Waals surface area contributed by atoms with Gasteiger partial charge in [-0.05, 0) is 36.2 Å². The number of rotatable bonds is 9. The molecule has 2 aromatic carbocycles. The van der Waals surface area contributed by atoms with Crippen molar-refractivity contribution in [2.24, 2.45) is 0 Å². The largest absolute Gasteiger partial charge is 0.379 e. The van der Waals surface area contributed by atoms with Crippen molar-refractivity contribution in [2.45, 2.75) is 36.8 Å². The van der Waals surface area contributed by atoms with E-state index in [0.717, 1.165) is 60.2 Å². The molecule has 1 aromatic heterocycles. The normalized spacial score (nSPS) is 14.8. The van der Waals surface area contributed by atoms with E-state index in [2.05, 4.69) is 43.0 Å². The molecule has 1 amide bonds. The van der Waals surface area contributed by atoms with Crippen LogP contribution in [0.3, 0.4) is 0 Å². The van der Waals surface area contributed by atoms with Gasteiger partial charge in [-0.25, -0.2) is 4.98 Å². The van der Waals surface area contributed by atoms with Gasteiger partial charge in [-0.1, -0.05) is 55.0 Å². The number of hydrogen-bond acceptors (Lipinski definition) is 6. The molecule has 8 heteroatoms. The van der Waals surface area contributed by atoms with E-state index in [1.54, 1.807) is 0 Å². The second kappa shape index (κ2) is 11.7. The number of carbonyl (C=O) groups is 1. The van der Waals surface area contributed by atoms with Crippen LogP contribution in [0.15, 0.2) is 47.4 Å². The van der Waals surface area contributed by atoms with Crippen LogP contribution in [0.25, 0.3) is 10.2 Å². The summed E-state index contributed by atoms with van der Waals surface area (Å²) in [5.74, 6) is 0.0661. The van der Waals surface area contributed by atoms with Crippen LogP contribution >= 0.6 is 34.7 Å². The molecule has 1 aliphatic rings. The lowest BCUT2D eigenvalue weighted by atomic mass is 10.1.